The van der Waals surface area contributed by atoms with Crippen molar-refractivity contribution in [2.45, 2.75) is 19.8 Å². The second kappa shape index (κ2) is 4.44. The Bertz CT molecular complexity index is 92.6. The molecule has 0 aromatic rings. The zero-order valence-corrected chi connectivity index (χ0v) is 5.22. The Hall–Kier alpha value is -0.720. The summed E-state index contributed by atoms with van der Waals surface area (Å²) in [4.78, 5) is 0. The van der Waals surface area contributed by atoms with Crippen LogP contribution in [-0.2, 0) is 0 Å². The molecular weight excluding hydrogens is 100 g/mol. The predicted molar refractivity (Wildman–Crippen MR) is 35.8 cm³/mol. The molecular formula is C7H12O. The Labute approximate surface area is 50.3 Å². The minimum Gasteiger partial charge on any atom is -0.509 e. The Morgan fingerprint density at radius 1 is 1.75 bits per heavy atom. The number of rotatable bonds is 3. The van der Waals surface area contributed by atoms with Crippen molar-refractivity contribution >= 4 is 0 Å². The third-order valence-corrected chi connectivity index (χ3v) is 0.766. The molecule has 0 unspecified atom stereocenters. The molecule has 0 saturated heterocycles. The molecule has 0 saturated carbocycles. The molecule has 0 aromatic heterocycles. The van der Waals surface area contributed by atoms with Crippen LogP contribution in [0.2, 0.25) is 0 Å². The van der Waals surface area contributed by atoms with Crippen molar-refractivity contribution in [2.75, 3.05) is 0 Å². The third kappa shape index (κ3) is 5.28. The van der Waals surface area contributed by atoms with E-state index in [1.54, 1.807) is 6.08 Å². The van der Waals surface area contributed by atoms with Crippen molar-refractivity contribution in [1.82, 2.24) is 0 Å². The van der Waals surface area contributed by atoms with E-state index in [4.69, 9.17) is 5.11 Å². The van der Waals surface area contributed by atoms with Gasteiger partial charge in [-0.05, 0) is 12.5 Å². The van der Waals surface area contributed by atoms with Crippen LogP contribution in [0, 0.1) is 0 Å². The van der Waals surface area contributed by atoms with Crippen molar-refractivity contribution in [3.8, 4) is 0 Å². The second-order valence-electron chi connectivity index (χ2n) is 1.68. The SMILES string of the molecule is C=C(O)C=CCCC. The van der Waals surface area contributed by atoms with Crippen LogP contribution < -0.4 is 0 Å². The van der Waals surface area contributed by atoms with Gasteiger partial charge in [-0.2, -0.15) is 0 Å². The highest BCUT2D eigenvalue weighted by molar-refractivity contribution is 5.04. The van der Waals surface area contributed by atoms with Gasteiger partial charge in [-0.3, -0.25) is 0 Å². The standard InChI is InChI=1S/C7H12O/c1-3-4-5-6-7(2)8/h5-6,8H,2-4H2,1H3. The topological polar surface area (TPSA) is 20.2 Å². The Kier molecular flexibility index (Phi) is 4.04. The summed E-state index contributed by atoms with van der Waals surface area (Å²) < 4.78 is 0. The molecule has 8 heavy (non-hydrogen) atoms. The average Bonchev–Trinajstić information content (AvgIpc) is 1.66. The lowest BCUT2D eigenvalue weighted by atomic mass is 10.3. The fourth-order valence-corrected chi connectivity index (χ4v) is 0.386. The van der Waals surface area contributed by atoms with Gasteiger partial charge in [-0.1, -0.05) is 26.0 Å². The van der Waals surface area contributed by atoms with Gasteiger partial charge in [-0.25, -0.2) is 0 Å². The van der Waals surface area contributed by atoms with Gasteiger partial charge in [0, 0.05) is 0 Å². The minimum atomic E-state index is 0.137. The van der Waals surface area contributed by atoms with E-state index in [1.165, 1.54) is 0 Å². The van der Waals surface area contributed by atoms with E-state index in [2.05, 4.69) is 13.5 Å². The van der Waals surface area contributed by atoms with E-state index in [1.807, 2.05) is 6.08 Å². The number of hydrogen-bond donors (Lipinski definition) is 1. The maximum absolute atomic E-state index is 8.50. The number of allylic oxidation sites excluding steroid dienone is 2. The predicted octanol–water partition coefficient (Wildman–Crippen LogP) is 2.41. The van der Waals surface area contributed by atoms with Crippen LogP contribution in [-0.4, -0.2) is 5.11 Å². The van der Waals surface area contributed by atoms with E-state index in [0.29, 0.717) is 0 Å². The van der Waals surface area contributed by atoms with Crippen molar-refractivity contribution < 1.29 is 5.11 Å². The van der Waals surface area contributed by atoms with Crippen LogP contribution >= 0.6 is 0 Å². The average molecular weight is 112 g/mol. The molecule has 1 heteroatoms. The van der Waals surface area contributed by atoms with Gasteiger partial charge in [-0.15, -0.1) is 0 Å². The normalized spacial score (nSPS) is 10.1. The molecule has 0 amide bonds. The number of aliphatic hydroxyl groups is 1. The first kappa shape index (κ1) is 7.28. The molecule has 0 aromatic carbocycles. The number of unbranched alkanes of at least 4 members (excludes halogenated alkanes) is 1. The molecule has 0 heterocycles. The first-order valence-electron chi connectivity index (χ1n) is 2.81. The van der Waals surface area contributed by atoms with Gasteiger partial charge in [0.2, 0.25) is 0 Å². The number of aliphatic hydroxyl groups excluding tert-OH is 1. The molecule has 0 spiro atoms. The van der Waals surface area contributed by atoms with E-state index in [-0.39, 0.29) is 5.76 Å². The molecule has 0 aliphatic carbocycles. The van der Waals surface area contributed by atoms with Gasteiger partial charge in [0.05, 0.1) is 0 Å². The summed E-state index contributed by atoms with van der Waals surface area (Å²) in [5.41, 5.74) is 0. The first-order chi connectivity index (χ1) is 3.77. The highest BCUT2D eigenvalue weighted by Crippen LogP contribution is 1.91. The smallest absolute Gasteiger partial charge is 0.108 e. The molecule has 0 bridgehead atoms. The molecule has 0 radical (unpaired) electrons. The maximum atomic E-state index is 8.50. The van der Waals surface area contributed by atoms with Crippen LogP contribution in [0.5, 0.6) is 0 Å². The Morgan fingerprint density at radius 2 is 2.38 bits per heavy atom. The third-order valence-electron chi connectivity index (χ3n) is 0.766. The van der Waals surface area contributed by atoms with Crippen molar-refractivity contribution in [2.24, 2.45) is 0 Å². The zero-order chi connectivity index (χ0) is 6.41. The van der Waals surface area contributed by atoms with Crippen LogP contribution in [0.4, 0.5) is 0 Å². The van der Waals surface area contributed by atoms with Gasteiger partial charge in [0.1, 0.15) is 5.76 Å². The summed E-state index contributed by atoms with van der Waals surface area (Å²) in [7, 11) is 0. The van der Waals surface area contributed by atoms with E-state index < -0.39 is 0 Å². The molecule has 0 rings (SSSR count). The fraction of sp³-hybridized carbons (Fsp3) is 0.429. The summed E-state index contributed by atoms with van der Waals surface area (Å²) in [5, 5.41) is 8.50. The lowest BCUT2D eigenvalue weighted by Gasteiger charge is -1.83. The van der Waals surface area contributed by atoms with Crippen LogP contribution in [0.3, 0.4) is 0 Å². The van der Waals surface area contributed by atoms with E-state index >= 15 is 0 Å². The summed E-state index contributed by atoms with van der Waals surface area (Å²) in [5.74, 6) is 0.137. The quantitative estimate of drug-likeness (QED) is 0.439. The van der Waals surface area contributed by atoms with Gasteiger partial charge in [0.25, 0.3) is 0 Å². The summed E-state index contributed by atoms with van der Waals surface area (Å²) in [6.45, 7) is 5.38. The molecule has 0 fully saturated rings. The Morgan fingerprint density at radius 3 is 2.75 bits per heavy atom. The minimum absolute atomic E-state index is 0.137. The van der Waals surface area contributed by atoms with Crippen molar-refractivity contribution in [3.05, 3.63) is 24.5 Å². The monoisotopic (exact) mass is 112 g/mol. The zero-order valence-electron chi connectivity index (χ0n) is 5.22. The molecule has 1 nitrogen and oxygen atoms in total. The van der Waals surface area contributed by atoms with E-state index in [0.717, 1.165) is 12.8 Å². The molecule has 0 aliphatic heterocycles. The molecule has 0 aliphatic rings. The largest absolute Gasteiger partial charge is 0.509 e. The highest BCUT2D eigenvalue weighted by atomic mass is 16.3. The molecule has 0 atom stereocenters. The lowest BCUT2D eigenvalue weighted by molar-refractivity contribution is 0.435. The van der Waals surface area contributed by atoms with Crippen molar-refractivity contribution in [1.29, 1.82) is 0 Å². The van der Waals surface area contributed by atoms with Crippen LogP contribution in [0.1, 0.15) is 19.8 Å². The molecule has 46 valence electrons. The second-order valence-corrected chi connectivity index (χ2v) is 1.68. The summed E-state index contributed by atoms with van der Waals surface area (Å²) >= 11 is 0. The van der Waals surface area contributed by atoms with Crippen LogP contribution in [0.15, 0.2) is 24.5 Å². The first-order valence-corrected chi connectivity index (χ1v) is 2.81. The lowest BCUT2D eigenvalue weighted by Crippen LogP contribution is -1.66. The van der Waals surface area contributed by atoms with Crippen LogP contribution in [0.25, 0.3) is 0 Å². The van der Waals surface area contributed by atoms with Gasteiger partial charge in [0.15, 0.2) is 0 Å². The summed E-state index contributed by atoms with van der Waals surface area (Å²) in [6, 6.07) is 0. The Balaban J connectivity index is 3.20. The fourth-order valence-electron chi connectivity index (χ4n) is 0.386. The number of hydrogen-bond acceptors (Lipinski definition) is 1. The summed E-state index contributed by atoms with van der Waals surface area (Å²) in [6.07, 6.45) is 5.65. The van der Waals surface area contributed by atoms with Gasteiger partial charge >= 0.3 is 0 Å². The molecule has 1 N–H and O–H groups in total. The maximum Gasteiger partial charge on any atom is 0.108 e. The van der Waals surface area contributed by atoms with Gasteiger partial charge < -0.3 is 5.11 Å². The van der Waals surface area contributed by atoms with E-state index in [9.17, 15) is 0 Å². The van der Waals surface area contributed by atoms with Crippen molar-refractivity contribution in [3.63, 3.8) is 0 Å². The highest BCUT2D eigenvalue weighted by Gasteiger charge is 1.74.